The number of nitrogens with one attached hydrogen (secondary N) is 1. The predicted molar refractivity (Wildman–Crippen MR) is 91.2 cm³/mol. The van der Waals surface area contributed by atoms with E-state index in [1.54, 1.807) is 6.92 Å². The fraction of sp³-hybridized carbons (Fsp3) is 0.889. The Hall–Kier alpha value is -1.14. The Kier molecular flexibility index (Phi) is 5.31. The highest BCUT2D eigenvalue weighted by atomic mass is 16.4. The highest BCUT2D eigenvalue weighted by molar-refractivity contribution is 5.86. The van der Waals surface area contributed by atoms with E-state index >= 15 is 0 Å². The van der Waals surface area contributed by atoms with Gasteiger partial charge >= 0.3 is 5.97 Å². The van der Waals surface area contributed by atoms with Crippen LogP contribution in [-0.2, 0) is 9.59 Å². The van der Waals surface area contributed by atoms with E-state index in [0.717, 1.165) is 0 Å². The Morgan fingerprint density at radius 3 is 2.42 bits per heavy atom. The highest BCUT2D eigenvalue weighted by Gasteiger charge is 2.59. The van der Waals surface area contributed by atoms with Crippen LogP contribution in [-0.4, -0.2) is 40.3 Å². The monoisotopic (exact) mass is 340 g/mol. The van der Waals surface area contributed by atoms with Crippen molar-refractivity contribution in [3.05, 3.63) is 0 Å². The Balaban J connectivity index is 2.06. The van der Waals surface area contributed by atoms with E-state index in [0.29, 0.717) is 18.3 Å². The third-order valence-corrected chi connectivity index (χ3v) is 6.70. The van der Waals surface area contributed by atoms with Gasteiger partial charge < -0.3 is 21.3 Å². The molecule has 2 rings (SSSR count). The Morgan fingerprint density at radius 1 is 1.33 bits per heavy atom. The maximum atomic E-state index is 12.2. The number of carboxylic acids is 1. The van der Waals surface area contributed by atoms with Gasteiger partial charge in [0.2, 0.25) is 5.91 Å². The molecule has 0 spiro atoms. The van der Waals surface area contributed by atoms with E-state index in [-0.39, 0.29) is 10.8 Å². The van der Waals surface area contributed by atoms with Crippen molar-refractivity contribution < 1.29 is 19.8 Å². The average Bonchev–Trinajstić information content (AvgIpc) is 2.91. The van der Waals surface area contributed by atoms with Crippen molar-refractivity contribution in [2.75, 3.05) is 0 Å². The number of aliphatic hydroxyl groups excluding tert-OH is 1. The van der Waals surface area contributed by atoms with Gasteiger partial charge in [-0.25, -0.2) is 0 Å². The van der Waals surface area contributed by atoms with Crippen molar-refractivity contribution in [3.63, 3.8) is 0 Å². The van der Waals surface area contributed by atoms with Gasteiger partial charge in [0, 0.05) is 0 Å². The van der Waals surface area contributed by atoms with E-state index in [4.69, 9.17) is 10.8 Å². The van der Waals surface area contributed by atoms with Crippen molar-refractivity contribution in [3.8, 4) is 0 Å². The molecule has 0 aromatic carbocycles. The number of nitrogens with two attached hydrogens (primary N) is 1. The molecule has 6 atom stereocenters. The summed E-state index contributed by atoms with van der Waals surface area (Å²) in [4.78, 5) is 22.9. The van der Waals surface area contributed by atoms with E-state index in [1.807, 2.05) is 0 Å². The second kappa shape index (κ2) is 6.64. The molecular weight excluding hydrogens is 308 g/mol. The maximum Gasteiger partial charge on any atom is 0.305 e. The Labute approximate surface area is 144 Å². The summed E-state index contributed by atoms with van der Waals surface area (Å²) in [7, 11) is 0. The largest absolute Gasteiger partial charge is 0.481 e. The van der Waals surface area contributed by atoms with Crippen LogP contribution in [0.25, 0.3) is 0 Å². The lowest BCUT2D eigenvalue weighted by molar-refractivity contribution is -0.139. The number of carbonyl (C=O) groups is 2. The molecule has 0 radical (unpaired) electrons. The van der Waals surface area contributed by atoms with Gasteiger partial charge in [0.1, 0.15) is 0 Å². The lowest BCUT2D eigenvalue weighted by atomic mass is 9.61. The van der Waals surface area contributed by atoms with Gasteiger partial charge in [-0.3, -0.25) is 9.59 Å². The van der Waals surface area contributed by atoms with Crippen LogP contribution in [0.4, 0.5) is 0 Å². The van der Waals surface area contributed by atoms with Gasteiger partial charge in [0.25, 0.3) is 0 Å². The molecule has 2 aliphatic rings. The summed E-state index contributed by atoms with van der Waals surface area (Å²) < 4.78 is 0. The number of carboxylic acid groups (broad SMARTS) is 1. The Bertz CT molecular complexity index is 500. The number of aliphatic carboxylic acids is 1. The van der Waals surface area contributed by atoms with Crippen LogP contribution in [0.15, 0.2) is 0 Å². The van der Waals surface area contributed by atoms with Crippen LogP contribution in [0.3, 0.4) is 0 Å². The standard InChI is InChI=1S/C18H32N2O4/c1-10(21)13(20-16(24)12(19)7-15(22)23)8-14-17(2,3)11-5-6-18(14,4)9-11/h10-14,21H,5-9,19H2,1-4H3,(H,20,24)(H,22,23)/t10?,11?,12-,13?,14?,18?/m0/s1. The first-order valence-electron chi connectivity index (χ1n) is 8.93. The molecule has 138 valence electrons. The molecule has 1 amide bonds. The quantitative estimate of drug-likeness (QED) is 0.561. The average molecular weight is 340 g/mol. The number of amides is 1. The molecular formula is C18H32N2O4. The molecule has 2 fully saturated rings. The van der Waals surface area contributed by atoms with Gasteiger partial charge in [-0.15, -0.1) is 0 Å². The van der Waals surface area contributed by atoms with Gasteiger partial charge in [-0.1, -0.05) is 20.8 Å². The summed E-state index contributed by atoms with van der Waals surface area (Å²) in [5, 5.41) is 21.7. The summed E-state index contributed by atoms with van der Waals surface area (Å²) in [6.45, 7) is 8.58. The minimum atomic E-state index is -1.10. The highest BCUT2D eigenvalue weighted by Crippen LogP contribution is 2.67. The molecule has 0 heterocycles. The van der Waals surface area contributed by atoms with Crippen molar-refractivity contribution >= 4 is 11.9 Å². The first-order valence-corrected chi connectivity index (χ1v) is 8.93. The van der Waals surface area contributed by atoms with Gasteiger partial charge in [0.05, 0.1) is 24.6 Å². The van der Waals surface area contributed by atoms with Crippen LogP contribution < -0.4 is 11.1 Å². The fourth-order valence-electron chi connectivity index (χ4n) is 5.19. The molecule has 2 saturated carbocycles. The van der Waals surface area contributed by atoms with Crippen LogP contribution in [0.2, 0.25) is 0 Å². The first kappa shape index (κ1) is 19.2. The van der Waals surface area contributed by atoms with Crippen molar-refractivity contribution in [2.24, 2.45) is 28.4 Å². The lowest BCUT2D eigenvalue weighted by Crippen LogP contribution is -2.52. The SMILES string of the molecule is CC(O)C(CC1C2(C)CCC(C2)C1(C)C)NC(=O)[C@@H](N)CC(=O)O. The molecule has 0 aliphatic heterocycles. The minimum Gasteiger partial charge on any atom is -0.481 e. The van der Waals surface area contributed by atoms with Crippen LogP contribution >= 0.6 is 0 Å². The number of fused-ring (bicyclic) bond motifs is 2. The molecule has 0 saturated heterocycles. The first-order chi connectivity index (χ1) is 11.0. The second-order valence-electron chi connectivity index (χ2n) is 8.76. The summed E-state index contributed by atoms with van der Waals surface area (Å²) in [5.74, 6) is -0.492. The molecule has 2 aliphatic carbocycles. The molecule has 6 heteroatoms. The lowest BCUT2D eigenvalue weighted by Gasteiger charge is -2.45. The van der Waals surface area contributed by atoms with Crippen LogP contribution in [0.1, 0.15) is 59.8 Å². The van der Waals surface area contributed by atoms with Crippen molar-refractivity contribution in [1.29, 1.82) is 0 Å². The fourth-order valence-corrected chi connectivity index (χ4v) is 5.19. The van der Waals surface area contributed by atoms with E-state index in [9.17, 15) is 14.7 Å². The zero-order valence-electron chi connectivity index (χ0n) is 15.2. The molecule has 6 nitrogen and oxygen atoms in total. The van der Waals surface area contributed by atoms with Crippen LogP contribution in [0.5, 0.6) is 0 Å². The minimum absolute atomic E-state index is 0.189. The maximum absolute atomic E-state index is 12.2. The third kappa shape index (κ3) is 3.59. The number of aliphatic hydroxyl groups is 1. The summed E-state index contributed by atoms with van der Waals surface area (Å²) >= 11 is 0. The van der Waals surface area contributed by atoms with Gasteiger partial charge in [0.15, 0.2) is 0 Å². The molecule has 2 bridgehead atoms. The molecule has 5 unspecified atom stereocenters. The van der Waals surface area contributed by atoms with Gasteiger partial charge in [-0.2, -0.15) is 0 Å². The van der Waals surface area contributed by atoms with E-state index in [2.05, 4.69) is 26.1 Å². The van der Waals surface area contributed by atoms with Crippen molar-refractivity contribution in [2.45, 2.75) is 78.0 Å². The predicted octanol–water partition coefficient (Wildman–Crippen LogP) is 1.51. The van der Waals surface area contributed by atoms with Crippen molar-refractivity contribution in [1.82, 2.24) is 5.32 Å². The van der Waals surface area contributed by atoms with E-state index < -0.39 is 36.5 Å². The van der Waals surface area contributed by atoms with Gasteiger partial charge in [-0.05, 0) is 55.3 Å². The number of hydrogen-bond acceptors (Lipinski definition) is 4. The number of carbonyl (C=O) groups excluding carboxylic acids is 1. The van der Waals surface area contributed by atoms with E-state index in [1.165, 1.54) is 19.3 Å². The molecule has 0 aromatic heterocycles. The van der Waals surface area contributed by atoms with Crippen LogP contribution in [0, 0.1) is 22.7 Å². The zero-order chi connectivity index (χ0) is 18.3. The molecule has 5 N–H and O–H groups in total. The number of hydrogen-bond donors (Lipinski definition) is 4. The normalized spacial score (nSPS) is 34.6. The smallest absolute Gasteiger partial charge is 0.305 e. The molecule has 24 heavy (non-hydrogen) atoms. The summed E-state index contributed by atoms with van der Waals surface area (Å²) in [6, 6.07) is -1.50. The summed E-state index contributed by atoms with van der Waals surface area (Å²) in [5.41, 5.74) is 6.09. The molecule has 0 aromatic rings. The summed E-state index contributed by atoms with van der Waals surface area (Å²) in [6.07, 6.45) is 3.25. The third-order valence-electron chi connectivity index (χ3n) is 6.70. The zero-order valence-corrected chi connectivity index (χ0v) is 15.2. The Morgan fingerprint density at radius 2 is 1.96 bits per heavy atom. The number of rotatable bonds is 7. The second-order valence-corrected chi connectivity index (χ2v) is 8.76. The topological polar surface area (TPSA) is 113 Å².